The Morgan fingerprint density at radius 1 is 1.21 bits per heavy atom. The Morgan fingerprint density at radius 3 is 2.70 bits per heavy atom. The first-order chi connectivity index (χ1) is 15.8. The fraction of sp³-hybridized carbons (Fsp3) is 0.182. The van der Waals surface area contributed by atoms with Gasteiger partial charge in [-0.25, -0.2) is 0 Å². The van der Waals surface area contributed by atoms with Crippen LogP contribution in [0.4, 0.5) is 5.69 Å². The molecule has 0 aliphatic heterocycles. The summed E-state index contributed by atoms with van der Waals surface area (Å²) in [6, 6.07) is 10.3. The minimum atomic E-state index is -0.358. The maximum atomic E-state index is 12.5. The molecule has 2 N–H and O–H groups in total. The average molecular weight is 569 g/mol. The highest BCUT2D eigenvalue weighted by Crippen LogP contribution is 2.23. The smallest absolute Gasteiger partial charge is 0.253 e. The van der Waals surface area contributed by atoms with Crippen LogP contribution in [0.3, 0.4) is 0 Å². The number of nitrogens with zero attached hydrogens (tertiary/aromatic N) is 3. The zero-order valence-electron chi connectivity index (χ0n) is 17.6. The van der Waals surface area contributed by atoms with Gasteiger partial charge in [0.25, 0.3) is 5.91 Å². The second kappa shape index (κ2) is 11.7. The Hall–Kier alpha value is -2.33. The molecule has 0 unspecified atom stereocenters. The number of nitrogens with one attached hydrogen (secondary N) is 2. The van der Waals surface area contributed by atoms with Gasteiger partial charge in [-0.2, -0.15) is 0 Å². The maximum absolute atomic E-state index is 12.5. The van der Waals surface area contributed by atoms with Crippen LogP contribution >= 0.6 is 50.9 Å². The second-order valence-electron chi connectivity index (χ2n) is 6.91. The van der Waals surface area contributed by atoms with Crippen LogP contribution < -0.4 is 10.6 Å². The molecule has 3 aromatic rings. The molecule has 0 saturated carbocycles. The fourth-order valence-corrected chi connectivity index (χ4v) is 4.35. The lowest BCUT2D eigenvalue weighted by Crippen LogP contribution is -2.25. The van der Waals surface area contributed by atoms with Crippen molar-refractivity contribution in [3.05, 3.63) is 80.5 Å². The summed E-state index contributed by atoms with van der Waals surface area (Å²) < 4.78 is 2.77. The van der Waals surface area contributed by atoms with Gasteiger partial charge in [-0.05, 0) is 48.9 Å². The molecule has 7 nitrogen and oxygen atoms in total. The van der Waals surface area contributed by atoms with Crippen LogP contribution in [-0.2, 0) is 17.9 Å². The van der Waals surface area contributed by atoms with Crippen LogP contribution in [0.5, 0.6) is 0 Å². The molecular formula is C22H20BrCl2N5O2S. The molecule has 33 heavy (non-hydrogen) atoms. The van der Waals surface area contributed by atoms with E-state index in [2.05, 4.69) is 43.3 Å². The van der Waals surface area contributed by atoms with E-state index in [9.17, 15) is 9.59 Å². The number of hydrogen-bond acceptors (Lipinski definition) is 5. The normalized spacial score (nSPS) is 10.7. The van der Waals surface area contributed by atoms with Crippen molar-refractivity contribution in [2.24, 2.45) is 0 Å². The van der Waals surface area contributed by atoms with Crippen molar-refractivity contribution in [3.63, 3.8) is 0 Å². The van der Waals surface area contributed by atoms with Gasteiger partial charge in [-0.15, -0.1) is 16.8 Å². The first kappa shape index (κ1) is 25.3. The first-order valence-electron chi connectivity index (χ1n) is 9.73. The minimum absolute atomic E-state index is 0.129. The van der Waals surface area contributed by atoms with Gasteiger partial charge in [0.05, 0.1) is 22.9 Å². The third kappa shape index (κ3) is 6.83. The molecule has 0 bridgehead atoms. The van der Waals surface area contributed by atoms with E-state index < -0.39 is 0 Å². The van der Waals surface area contributed by atoms with E-state index >= 15 is 0 Å². The molecule has 0 spiro atoms. The van der Waals surface area contributed by atoms with Crippen LogP contribution in [0.1, 0.15) is 21.7 Å². The predicted molar refractivity (Wildman–Crippen MR) is 136 cm³/mol. The van der Waals surface area contributed by atoms with Crippen molar-refractivity contribution in [3.8, 4) is 0 Å². The molecule has 172 valence electrons. The third-order valence-corrected chi connectivity index (χ3v) is 6.87. The number of halogens is 3. The maximum Gasteiger partial charge on any atom is 0.253 e. The van der Waals surface area contributed by atoms with E-state index in [1.165, 1.54) is 17.8 Å². The summed E-state index contributed by atoms with van der Waals surface area (Å²) in [4.78, 5) is 24.9. The molecule has 2 aromatic carbocycles. The number of hydrogen-bond donors (Lipinski definition) is 2. The minimum Gasteiger partial charge on any atom is -0.345 e. The van der Waals surface area contributed by atoms with Gasteiger partial charge < -0.3 is 15.2 Å². The highest BCUT2D eigenvalue weighted by molar-refractivity contribution is 9.10. The number of carbonyl (C=O) groups excluding carboxylic acids is 2. The van der Waals surface area contributed by atoms with E-state index in [1.54, 1.807) is 22.8 Å². The highest BCUT2D eigenvalue weighted by atomic mass is 79.9. The molecular weight excluding hydrogens is 549 g/mol. The molecule has 0 fully saturated rings. The van der Waals surface area contributed by atoms with Crippen LogP contribution in [0, 0.1) is 6.92 Å². The predicted octanol–water partition coefficient (Wildman–Crippen LogP) is 5.50. The quantitative estimate of drug-likeness (QED) is 0.263. The Bertz CT molecular complexity index is 1200. The molecule has 0 saturated heterocycles. The van der Waals surface area contributed by atoms with Crippen molar-refractivity contribution in [1.82, 2.24) is 20.1 Å². The van der Waals surface area contributed by atoms with Gasteiger partial charge in [-0.3, -0.25) is 9.59 Å². The lowest BCUT2D eigenvalue weighted by molar-refractivity contribution is -0.113. The molecule has 3 rings (SSSR count). The van der Waals surface area contributed by atoms with Gasteiger partial charge in [-0.1, -0.05) is 57.0 Å². The summed E-state index contributed by atoms with van der Waals surface area (Å²) in [7, 11) is 0. The lowest BCUT2D eigenvalue weighted by atomic mass is 10.2. The van der Waals surface area contributed by atoms with Crippen molar-refractivity contribution in [2.75, 3.05) is 11.1 Å². The Kier molecular flexibility index (Phi) is 8.96. The van der Waals surface area contributed by atoms with Crippen molar-refractivity contribution in [1.29, 1.82) is 0 Å². The monoisotopic (exact) mass is 567 g/mol. The average Bonchev–Trinajstić information content (AvgIpc) is 3.15. The first-order valence-corrected chi connectivity index (χ1v) is 12.3. The summed E-state index contributed by atoms with van der Waals surface area (Å²) in [5.74, 6) is 0.155. The summed E-state index contributed by atoms with van der Waals surface area (Å²) in [6.07, 6.45) is 1.69. The highest BCUT2D eigenvalue weighted by Gasteiger charge is 2.16. The standard InChI is InChI=1S/C22H20BrCl2N5O2S/c1-3-8-30-19(11-26-21(32)16-6-4-14(24)10-18(16)25)28-29-22(30)33-12-20(31)27-15-5-7-17(23)13(2)9-15/h3-7,9-10H,1,8,11-12H2,2H3,(H,26,32)(H,27,31). The van der Waals surface area contributed by atoms with Crippen LogP contribution in [0.25, 0.3) is 0 Å². The number of anilines is 1. The van der Waals surface area contributed by atoms with Gasteiger partial charge in [0, 0.05) is 21.7 Å². The van der Waals surface area contributed by atoms with Gasteiger partial charge in [0.2, 0.25) is 5.91 Å². The van der Waals surface area contributed by atoms with E-state index in [-0.39, 0.29) is 29.1 Å². The molecule has 0 aliphatic rings. The zero-order valence-corrected chi connectivity index (χ0v) is 21.5. The topological polar surface area (TPSA) is 88.9 Å². The number of benzene rings is 2. The van der Waals surface area contributed by atoms with Gasteiger partial charge >= 0.3 is 0 Å². The number of rotatable bonds is 9. The fourth-order valence-electron chi connectivity index (χ4n) is 2.85. The van der Waals surface area contributed by atoms with Crippen LogP contribution in [0.15, 0.2) is 58.7 Å². The molecule has 1 heterocycles. The largest absolute Gasteiger partial charge is 0.345 e. The number of amides is 2. The second-order valence-corrected chi connectivity index (χ2v) is 9.55. The van der Waals surface area contributed by atoms with Crippen LogP contribution in [0.2, 0.25) is 10.0 Å². The van der Waals surface area contributed by atoms with E-state index in [0.717, 1.165) is 15.7 Å². The van der Waals surface area contributed by atoms with E-state index in [0.29, 0.717) is 28.1 Å². The summed E-state index contributed by atoms with van der Waals surface area (Å²) in [5, 5.41) is 15.2. The van der Waals surface area contributed by atoms with E-state index in [1.807, 2.05) is 25.1 Å². The SMILES string of the molecule is C=CCn1c(CNC(=O)c2ccc(Cl)cc2Cl)nnc1SCC(=O)Nc1ccc(Br)c(C)c1. The lowest BCUT2D eigenvalue weighted by Gasteiger charge is -2.10. The molecule has 0 atom stereocenters. The van der Waals surface area contributed by atoms with Crippen molar-refractivity contribution >= 4 is 68.4 Å². The summed E-state index contributed by atoms with van der Waals surface area (Å²) in [6.45, 7) is 6.27. The van der Waals surface area contributed by atoms with Gasteiger partial charge in [0.15, 0.2) is 11.0 Å². The van der Waals surface area contributed by atoms with Crippen LogP contribution in [-0.4, -0.2) is 32.3 Å². The number of thioether (sulfide) groups is 1. The third-order valence-electron chi connectivity index (χ3n) is 4.46. The molecule has 1 aromatic heterocycles. The number of carbonyl (C=O) groups is 2. The molecule has 2 amide bonds. The molecule has 0 aliphatic carbocycles. The number of allylic oxidation sites excluding steroid dienone is 1. The Labute approximate surface area is 214 Å². The van der Waals surface area contributed by atoms with E-state index in [4.69, 9.17) is 23.2 Å². The Morgan fingerprint density at radius 2 is 2.00 bits per heavy atom. The van der Waals surface area contributed by atoms with Crippen molar-refractivity contribution < 1.29 is 9.59 Å². The number of aryl methyl sites for hydroxylation is 1. The summed E-state index contributed by atoms with van der Waals surface area (Å²) >= 11 is 16.7. The summed E-state index contributed by atoms with van der Waals surface area (Å²) in [5.41, 5.74) is 2.06. The van der Waals surface area contributed by atoms with Crippen molar-refractivity contribution in [2.45, 2.75) is 25.2 Å². The molecule has 0 radical (unpaired) electrons. The Balaban J connectivity index is 1.62. The molecule has 11 heteroatoms. The zero-order chi connectivity index (χ0) is 24.0. The number of aromatic nitrogens is 3. The van der Waals surface area contributed by atoms with Gasteiger partial charge in [0.1, 0.15) is 0 Å².